The summed E-state index contributed by atoms with van der Waals surface area (Å²) in [7, 11) is -3.53. The lowest BCUT2D eigenvalue weighted by atomic mass is 10.1. The van der Waals surface area contributed by atoms with E-state index < -0.39 is 10.0 Å². The van der Waals surface area contributed by atoms with E-state index in [1.165, 1.54) is 22.6 Å². The molecule has 0 amide bonds. The van der Waals surface area contributed by atoms with Gasteiger partial charge in [-0.25, -0.2) is 17.8 Å². The minimum absolute atomic E-state index is 0.171. The summed E-state index contributed by atoms with van der Waals surface area (Å²) in [5.41, 5.74) is 0.888. The number of ether oxygens (including phenoxy) is 1. The third kappa shape index (κ3) is 4.53. The Labute approximate surface area is 146 Å². The van der Waals surface area contributed by atoms with Crippen molar-refractivity contribution in [3.8, 4) is 0 Å². The molecule has 0 radical (unpaired) electrons. The Bertz CT molecular complexity index is 806. The second-order valence-electron chi connectivity index (χ2n) is 5.70. The molecule has 1 fully saturated rings. The highest BCUT2D eigenvalue weighted by Crippen LogP contribution is 2.17. The standard InChI is InChI=1S/C17H20FN3O3S/c18-15-3-1-2-14(12-15)6-7-19-17-5-4-16(13-20-17)25(22,23)21-8-10-24-11-9-21/h1-5,12-13H,6-11H2,(H,19,20). The molecular weight excluding hydrogens is 345 g/mol. The van der Waals surface area contributed by atoms with Crippen LogP contribution < -0.4 is 5.32 Å². The van der Waals surface area contributed by atoms with E-state index in [-0.39, 0.29) is 10.7 Å². The summed E-state index contributed by atoms with van der Waals surface area (Å²) in [6, 6.07) is 9.62. The molecule has 1 N–H and O–H groups in total. The second kappa shape index (κ2) is 7.90. The zero-order valence-corrected chi connectivity index (χ0v) is 14.5. The number of hydrogen-bond acceptors (Lipinski definition) is 5. The lowest BCUT2D eigenvalue weighted by Crippen LogP contribution is -2.40. The maximum Gasteiger partial charge on any atom is 0.244 e. The summed E-state index contributed by atoms with van der Waals surface area (Å²) >= 11 is 0. The maximum atomic E-state index is 13.1. The van der Waals surface area contributed by atoms with E-state index in [0.29, 0.717) is 45.1 Å². The van der Waals surface area contributed by atoms with Crippen molar-refractivity contribution in [3.63, 3.8) is 0 Å². The highest BCUT2D eigenvalue weighted by atomic mass is 32.2. The summed E-state index contributed by atoms with van der Waals surface area (Å²) in [5.74, 6) is 0.325. The molecule has 2 aromatic rings. The topological polar surface area (TPSA) is 71.5 Å². The fourth-order valence-corrected chi connectivity index (χ4v) is 3.95. The molecule has 1 aromatic heterocycles. The molecule has 0 aliphatic carbocycles. The van der Waals surface area contributed by atoms with Crippen molar-refractivity contribution in [2.24, 2.45) is 0 Å². The van der Waals surface area contributed by atoms with Crippen molar-refractivity contribution in [2.75, 3.05) is 38.2 Å². The lowest BCUT2D eigenvalue weighted by Gasteiger charge is -2.25. The van der Waals surface area contributed by atoms with E-state index in [0.717, 1.165) is 5.56 Å². The third-order valence-corrected chi connectivity index (χ3v) is 5.84. The smallest absolute Gasteiger partial charge is 0.244 e. The molecule has 134 valence electrons. The molecule has 8 heteroatoms. The average Bonchev–Trinajstić information content (AvgIpc) is 2.63. The van der Waals surface area contributed by atoms with Gasteiger partial charge in [-0.2, -0.15) is 4.31 Å². The first-order chi connectivity index (χ1) is 12.1. The molecule has 2 heterocycles. The molecule has 0 spiro atoms. The van der Waals surface area contributed by atoms with Crippen LogP contribution in [0.1, 0.15) is 5.56 Å². The molecule has 1 aliphatic rings. The molecule has 1 aliphatic heterocycles. The normalized spacial score (nSPS) is 15.9. The van der Waals surface area contributed by atoms with Crippen molar-refractivity contribution < 1.29 is 17.5 Å². The highest BCUT2D eigenvalue weighted by molar-refractivity contribution is 7.89. The average molecular weight is 365 g/mol. The molecule has 0 bridgehead atoms. The monoisotopic (exact) mass is 365 g/mol. The predicted molar refractivity (Wildman–Crippen MR) is 92.4 cm³/mol. The molecule has 0 unspecified atom stereocenters. The van der Waals surface area contributed by atoms with Gasteiger partial charge in [0.05, 0.1) is 13.2 Å². The fourth-order valence-electron chi connectivity index (χ4n) is 2.60. The minimum atomic E-state index is -3.53. The van der Waals surface area contributed by atoms with Gasteiger partial charge in [0.25, 0.3) is 0 Å². The zero-order valence-electron chi connectivity index (χ0n) is 13.7. The number of hydrogen-bond donors (Lipinski definition) is 1. The predicted octanol–water partition coefficient (Wildman–Crippen LogP) is 1.90. The van der Waals surface area contributed by atoms with Crippen LogP contribution in [0.2, 0.25) is 0 Å². The highest BCUT2D eigenvalue weighted by Gasteiger charge is 2.26. The Morgan fingerprint density at radius 2 is 2.00 bits per heavy atom. The Balaban J connectivity index is 1.58. The Kier molecular flexibility index (Phi) is 5.62. The van der Waals surface area contributed by atoms with Crippen molar-refractivity contribution >= 4 is 15.8 Å². The van der Waals surface area contributed by atoms with Gasteiger partial charge in [-0.3, -0.25) is 0 Å². The second-order valence-corrected chi connectivity index (χ2v) is 7.64. The number of nitrogens with zero attached hydrogens (tertiary/aromatic N) is 2. The van der Waals surface area contributed by atoms with Crippen LogP contribution in [0.15, 0.2) is 47.5 Å². The van der Waals surface area contributed by atoms with Crippen LogP contribution in [-0.4, -0.2) is 50.6 Å². The van der Waals surface area contributed by atoms with E-state index in [2.05, 4.69) is 10.3 Å². The SMILES string of the molecule is O=S(=O)(c1ccc(NCCc2cccc(F)c2)nc1)N1CCOCC1. The first kappa shape index (κ1) is 17.8. The van der Waals surface area contributed by atoms with Crippen molar-refractivity contribution in [3.05, 3.63) is 54.0 Å². The van der Waals surface area contributed by atoms with Gasteiger partial charge < -0.3 is 10.1 Å². The van der Waals surface area contributed by atoms with Gasteiger partial charge in [0.2, 0.25) is 10.0 Å². The first-order valence-electron chi connectivity index (χ1n) is 8.08. The summed E-state index contributed by atoms with van der Waals surface area (Å²) in [6.45, 7) is 2.11. The lowest BCUT2D eigenvalue weighted by molar-refractivity contribution is 0.0730. The summed E-state index contributed by atoms with van der Waals surface area (Å²) in [6.07, 6.45) is 2.00. The number of nitrogens with one attached hydrogen (secondary N) is 1. The van der Waals surface area contributed by atoms with E-state index in [9.17, 15) is 12.8 Å². The van der Waals surface area contributed by atoms with Crippen LogP contribution in [0.4, 0.5) is 10.2 Å². The molecule has 1 aromatic carbocycles. The number of sulfonamides is 1. The largest absolute Gasteiger partial charge is 0.379 e. The number of rotatable bonds is 6. The molecule has 1 saturated heterocycles. The van der Waals surface area contributed by atoms with Gasteiger partial charge in [0.1, 0.15) is 16.5 Å². The van der Waals surface area contributed by atoms with Gasteiger partial charge in [0, 0.05) is 25.8 Å². The number of halogens is 1. The molecule has 6 nitrogen and oxygen atoms in total. The van der Waals surface area contributed by atoms with Crippen molar-refractivity contribution in [1.29, 1.82) is 0 Å². The van der Waals surface area contributed by atoms with Gasteiger partial charge in [-0.05, 0) is 36.2 Å². The summed E-state index contributed by atoms with van der Waals surface area (Å²) in [5, 5.41) is 3.11. The minimum Gasteiger partial charge on any atom is -0.379 e. The van der Waals surface area contributed by atoms with Gasteiger partial charge in [-0.1, -0.05) is 12.1 Å². The third-order valence-electron chi connectivity index (χ3n) is 3.95. The Hall–Kier alpha value is -2.03. The molecular formula is C17H20FN3O3S. The summed E-state index contributed by atoms with van der Waals surface area (Å²) in [4.78, 5) is 4.34. The fraction of sp³-hybridized carbons (Fsp3) is 0.353. The number of morpholine rings is 1. The van der Waals surface area contributed by atoms with Crippen LogP contribution in [0.3, 0.4) is 0 Å². The van der Waals surface area contributed by atoms with E-state index in [1.54, 1.807) is 18.2 Å². The number of aromatic nitrogens is 1. The Morgan fingerprint density at radius 1 is 1.20 bits per heavy atom. The van der Waals surface area contributed by atoms with Crippen LogP contribution >= 0.6 is 0 Å². The van der Waals surface area contributed by atoms with Gasteiger partial charge in [-0.15, -0.1) is 0 Å². The molecule has 3 rings (SSSR count). The quantitative estimate of drug-likeness (QED) is 0.847. The zero-order chi connectivity index (χ0) is 17.7. The van der Waals surface area contributed by atoms with E-state index >= 15 is 0 Å². The Morgan fingerprint density at radius 3 is 2.68 bits per heavy atom. The number of anilines is 1. The van der Waals surface area contributed by atoms with Crippen LogP contribution in [0.5, 0.6) is 0 Å². The molecule has 0 atom stereocenters. The van der Waals surface area contributed by atoms with Gasteiger partial charge in [0.15, 0.2) is 0 Å². The number of benzene rings is 1. The van der Waals surface area contributed by atoms with E-state index in [1.807, 2.05) is 6.07 Å². The van der Waals surface area contributed by atoms with Gasteiger partial charge >= 0.3 is 0 Å². The maximum absolute atomic E-state index is 13.1. The van der Waals surface area contributed by atoms with Crippen molar-refractivity contribution in [1.82, 2.24) is 9.29 Å². The van der Waals surface area contributed by atoms with E-state index in [4.69, 9.17) is 4.74 Å². The number of pyridine rings is 1. The first-order valence-corrected chi connectivity index (χ1v) is 9.52. The van der Waals surface area contributed by atoms with Crippen LogP contribution in [0, 0.1) is 5.82 Å². The summed E-state index contributed by atoms with van der Waals surface area (Å²) < 4.78 is 44.7. The molecule has 0 saturated carbocycles. The van der Waals surface area contributed by atoms with Crippen molar-refractivity contribution in [2.45, 2.75) is 11.3 Å². The molecule has 25 heavy (non-hydrogen) atoms. The van der Waals surface area contributed by atoms with Crippen LogP contribution in [-0.2, 0) is 21.2 Å². The van der Waals surface area contributed by atoms with Crippen LogP contribution in [0.25, 0.3) is 0 Å².